The van der Waals surface area contributed by atoms with Crippen molar-refractivity contribution >= 4 is 63.5 Å². The molecular weight excluding hydrogens is 859 g/mol. The van der Waals surface area contributed by atoms with Crippen molar-refractivity contribution in [3.63, 3.8) is 0 Å². The van der Waals surface area contributed by atoms with Gasteiger partial charge in [0.2, 0.25) is 11.8 Å². The molecular formula is C47H56ClFN8O8. The van der Waals surface area contributed by atoms with Gasteiger partial charge < -0.3 is 34.6 Å². The van der Waals surface area contributed by atoms with Crippen LogP contribution in [0.4, 0.5) is 15.9 Å². The molecule has 0 aliphatic carbocycles. The number of imide groups is 2. The fraction of sp³-hybridized carbons (Fsp3) is 0.468. The van der Waals surface area contributed by atoms with Gasteiger partial charge >= 0.3 is 0 Å². The second kappa shape index (κ2) is 22.3. The minimum atomic E-state index is -1.00. The summed E-state index contributed by atoms with van der Waals surface area (Å²) in [6.07, 6.45) is 8.61. The second-order valence-electron chi connectivity index (χ2n) is 16.5. The quantitative estimate of drug-likeness (QED) is 0.0671. The number of piperidine rings is 1. The van der Waals surface area contributed by atoms with Crippen molar-refractivity contribution in [1.82, 2.24) is 34.9 Å². The number of hydrogen-bond donors (Lipinski definition) is 2. The Morgan fingerprint density at radius 3 is 2.32 bits per heavy atom. The van der Waals surface area contributed by atoms with Gasteiger partial charge in [-0.25, -0.2) is 14.4 Å². The number of nitrogens with zero attached hydrogens (tertiary/aromatic N) is 6. The summed E-state index contributed by atoms with van der Waals surface area (Å²) in [5, 5.41) is 6.98. The molecule has 0 saturated carbocycles. The van der Waals surface area contributed by atoms with Gasteiger partial charge in [0.05, 0.1) is 42.0 Å². The molecule has 4 aromatic rings. The smallest absolute Gasteiger partial charge is 0.266 e. The Morgan fingerprint density at radius 1 is 0.831 bits per heavy atom. The highest BCUT2D eigenvalue weighted by Gasteiger charge is 2.47. The van der Waals surface area contributed by atoms with Crippen LogP contribution in [0.15, 0.2) is 54.9 Å². The van der Waals surface area contributed by atoms with Crippen LogP contribution in [0.25, 0.3) is 10.9 Å². The number of unbranched alkanes of at least 4 members (excludes halogenated alkanes) is 5. The lowest BCUT2D eigenvalue weighted by Gasteiger charge is -2.34. The van der Waals surface area contributed by atoms with Crippen LogP contribution in [0.1, 0.15) is 84.9 Å². The fourth-order valence-corrected chi connectivity index (χ4v) is 8.54. The summed E-state index contributed by atoms with van der Waals surface area (Å²) < 4.78 is 31.4. The highest BCUT2D eigenvalue weighted by Crippen LogP contribution is 2.36. The molecule has 2 N–H and O–H groups in total. The Hall–Kier alpha value is -5.91. The molecule has 3 aliphatic rings. The number of carbonyl (C=O) groups is 5. The summed E-state index contributed by atoms with van der Waals surface area (Å²) in [4.78, 5) is 79.2. The van der Waals surface area contributed by atoms with Gasteiger partial charge in [0, 0.05) is 82.8 Å². The molecule has 16 nitrogen and oxygen atoms in total. The number of anilines is 2. The number of likely N-dealkylation sites (N-methyl/N-ethyl adjacent to an activating group) is 1. The third-order valence-corrected chi connectivity index (χ3v) is 12.4. The van der Waals surface area contributed by atoms with Crippen LogP contribution in [-0.2, 0) is 14.4 Å². The Bertz CT molecular complexity index is 2380. The van der Waals surface area contributed by atoms with Gasteiger partial charge in [0.1, 0.15) is 29.8 Å². The van der Waals surface area contributed by atoms with Crippen molar-refractivity contribution in [2.24, 2.45) is 0 Å². The zero-order chi connectivity index (χ0) is 45.9. The summed E-state index contributed by atoms with van der Waals surface area (Å²) in [6.45, 7) is 6.80. The predicted octanol–water partition coefficient (Wildman–Crippen LogP) is 6.23. The monoisotopic (exact) mass is 914 g/mol. The summed E-state index contributed by atoms with van der Waals surface area (Å²) in [6, 6.07) is 11.9. The van der Waals surface area contributed by atoms with E-state index in [1.54, 1.807) is 37.4 Å². The average Bonchev–Trinajstić information content (AvgIpc) is 3.57. The Kier molecular flexibility index (Phi) is 16.2. The van der Waals surface area contributed by atoms with Crippen LogP contribution in [0.3, 0.4) is 0 Å². The van der Waals surface area contributed by atoms with E-state index in [9.17, 15) is 28.4 Å². The molecule has 1 atom stereocenters. The maximum absolute atomic E-state index is 13.7. The number of methoxy groups -OCH3 is 1. The van der Waals surface area contributed by atoms with E-state index in [4.69, 9.17) is 25.8 Å². The zero-order valence-corrected chi connectivity index (χ0v) is 37.7. The van der Waals surface area contributed by atoms with Crippen molar-refractivity contribution in [2.45, 2.75) is 70.3 Å². The third-order valence-electron chi connectivity index (χ3n) is 12.1. The molecule has 3 aliphatic heterocycles. The molecule has 0 radical (unpaired) electrons. The van der Waals surface area contributed by atoms with Crippen LogP contribution >= 0.6 is 11.6 Å². The molecule has 65 heavy (non-hydrogen) atoms. The van der Waals surface area contributed by atoms with Crippen LogP contribution in [0.2, 0.25) is 5.02 Å². The number of likely N-dealkylation sites (tertiary alicyclic amines) is 1. The van der Waals surface area contributed by atoms with E-state index in [0.29, 0.717) is 60.4 Å². The van der Waals surface area contributed by atoms with Gasteiger partial charge in [0.15, 0.2) is 11.5 Å². The average molecular weight is 915 g/mol. The van der Waals surface area contributed by atoms with E-state index >= 15 is 0 Å². The van der Waals surface area contributed by atoms with E-state index in [-0.39, 0.29) is 40.8 Å². The summed E-state index contributed by atoms with van der Waals surface area (Å²) in [5.74, 6) is -0.427. The number of halogens is 2. The minimum absolute atomic E-state index is 0.00949. The lowest BCUT2D eigenvalue weighted by molar-refractivity contribution is -0.149. The maximum atomic E-state index is 13.7. The van der Waals surface area contributed by atoms with Crippen LogP contribution in [0, 0.1) is 5.82 Å². The lowest BCUT2D eigenvalue weighted by Crippen LogP contribution is -2.54. The molecule has 1 aromatic heterocycles. The highest BCUT2D eigenvalue weighted by molar-refractivity contribution is 6.31. The van der Waals surface area contributed by atoms with Crippen LogP contribution in [0.5, 0.6) is 17.2 Å². The van der Waals surface area contributed by atoms with Crippen molar-refractivity contribution < 1.29 is 42.6 Å². The minimum Gasteiger partial charge on any atom is -0.493 e. The molecule has 7 rings (SSSR count). The predicted molar refractivity (Wildman–Crippen MR) is 242 cm³/mol. The third kappa shape index (κ3) is 11.7. The van der Waals surface area contributed by atoms with Gasteiger partial charge in [-0.15, -0.1) is 0 Å². The van der Waals surface area contributed by atoms with E-state index < -0.39 is 29.6 Å². The first-order valence-corrected chi connectivity index (χ1v) is 22.7. The highest BCUT2D eigenvalue weighted by atomic mass is 35.5. The molecule has 2 saturated heterocycles. The van der Waals surface area contributed by atoms with E-state index in [0.717, 1.165) is 99.4 Å². The number of aromatic nitrogens is 2. The second-order valence-corrected chi connectivity index (χ2v) is 16.9. The molecule has 0 spiro atoms. The largest absolute Gasteiger partial charge is 0.493 e. The molecule has 18 heteroatoms. The van der Waals surface area contributed by atoms with Gasteiger partial charge in [-0.2, -0.15) is 0 Å². The molecule has 4 heterocycles. The van der Waals surface area contributed by atoms with E-state index in [1.807, 2.05) is 6.07 Å². The first-order chi connectivity index (χ1) is 31.5. The number of amides is 5. The molecule has 0 bridgehead atoms. The van der Waals surface area contributed by atoms with Crippen molar-refractivity contribution in [3.05, 3.63) is 76.8 Å². The number of benzene rings is 3. The lowest BCUT2D eigenvalue weighted by atomic mass is 10.0. The van der Waals surface area contributed by atoms with Crippen molar-refractivity contribution in [1.29, 1.82) is 0 Å². The van der Waals surface area contributed by atoms with Crippen molar-refractivity contribution in [2.75, 3.05) is 78.5 Å². The van der Waals surface area contributed by atoms with Crippen molar-refractivity contribution in [3.8, 4) is 17.2 Å². The van der Waals surface area contributed by atoms with Gasteiger partial charge in [-0.3, -0.25) is 33.8 Å². The Balaban J connectivity index is 0.717. The first kappa shape index (κ1) is 47.1. The number of ether oxygens (including phenoxy) is 3. The van der Waals surface area contributed by atoms with Crippen LogP contribution in [-0.4, -0.2) is 138 Å². The summed E-state index contributed by atoms with van der Waals surface area (Å²) in [5.41, 5.74) is 1.63. The van der Waals surface area contributed by atoms with E-state index in [2.05, 4.69) is 30.4 Å². The normalized spacial score (nSPS) is 16.9. The summed E-state index contributed by atoms with van der Waals surface area (Å²) in [7, 11) is 2.95. The van der Waals surface area contributed by atoms with Gasteiger partial charge in [0.25, 0.3) is 17.7 Å². The standard InChI is InChI=1S/C47H56ClFN8O8/c1-54-42(59)16-15-37(46(54)61)57-45(60)32-11-9-12-38(43(32)47(57)62)64-25-8-6-4-3-5-7-18-50-41(58)17-20-56-23-21-55(22-24-56)19-10-26-65-40-28-33-36(29-39(40)63-2)51-30-52-44(33)53-31-13-14-35(49)34(48)27-31/h9,11-14,27-30,37H,3-8,10,15-26H2,1-2H3,(H,50,58)(H,51,52,53). The Morgan fingerprint density at radius 2 is 1.55 bits per heavy atom. The van der Waals surface area contributed by atoms with Gasteiger partial charge in [-0.05, 0) is 62.1 Å². The van der Waals surface area contributed by atoms with E-state index in [1.165, 1.54) is 25.5 Å². The number of nitrogens with one attached hydrogen (secondary N) is 2. The summed E-state index contributed by atoms with van der Waals surface area (Å²) >= 11 is 5.98. The molecule has 5 amide bonds. The fourth-order valence-electron chi connectivity index (χ4n) is 8.36. The topological polar surface area (TPSA) is 176 Å². The van der Waals surface area contributed by atoms with Crippen LogP contribution < -0.4 is 24.8 Å². The maximum Gasteiger partial charge on any atom is 0.266 e. The number of rotatable bonds is 22. The molecule has 3 aromatic carbocycles. The molecule has 346 valence electrons. The number of piperazine rings is 1. The number of hydrogen-bond acceptors (Lipinski definition) is 13. The SMILES string of the molecule is COc1cc2ncnc(Nc3ccc(F)c(Cl)c3)c2cc1OCCCN1CCN(CCC(=O)NCCCCCCCCOc2cccc3c2C(=O)N(C2CCC(=O)N(C)C2=O)C3=O)CC1. The first-order valence-electron chi connectivity index (χ1n) is 22.4. The number of fused-ring (bicyclic) bond motifs is 2. The molecule has 1 unspecified atom stereocenters. The Labute approximate surface area is 382 Å². The van der Waals surface area contributed by atoms with Gasteiger partial charge in [-0.1, -0.05) is 43.4 Å². The zero-order valence-electron chi connectivity index (χ0n) is 36.9. The number of carbonyl (C=O) groups excluding carboxylic acids is 5. The molecule has 2 fully saturated rings.